The Kier molecular flexibility index (Phi) is 5.38. The minimum Gasteiger partial charge on any atom is -0.497 e. The molecule has 0 N–H and O–H groups in total. The lowest BCUT2D eigenvalue weighted by Gasteiger charge is -2.37. The summed E-state index contributed by atoms with van der Waals surface area (Å²) in [5.74, 6) is 0.0178. The topological polar surface area (TPSA) is 53.1 Å². The first-order valence-electron chi connectivity index (χ1n) is 9.79. The van der Waals surface area contributed by atoms with Gasteiger partial charge in [0.1, 0.15) is 11.6 Å². The van der Waals surface area contributed by atoms with Crippen LogP contribution >= 0.6 is 0 Å². The molecule has 0 unspecified atom stereocenters. The number of amides is 2. The van der Waals surface area contributed by atoms with Gasteiger partial charge in [-0.05, 0) is 24.3 Å². The van der Waals surface area contributed by atoms with E-state index in [1.807, 2.05) is 29.2 Å². The number of hydrogen-bond donors (Lipinski definition) is 0. The zero-order valence-corrected chi connectivity index (χ0v) is 16.4. The number of hydrogen-bond acceptors (Lipinski definition) is 4. The lowest BCUT2D eigenvalue weighted by molar-refractivity contribution is -0.136. The molecule has 2 heterocycles. The van der Waals surface area contributed by atoms with Crippen LogP contribution in [-0.2, 0) is 9.59 Å². The lowest BCUT2D eigenvalue weighted by atomic mass is 10.1. The second-order valence-corrected chi connectivity index (χ2v) is 7.37. The number of carbonyl (C=O) groups excluding carboxylic acids is 2. The van der Waals surface area contributed by atoms with E-state index < -0.39 is 0 Å². The zero-order valence-electron chi connectivity index (χ0n) is 16.4. The van der Waals surface area contributed by atoms with Gasteiger partial charge >= 0.3 is 0 Å². The molecule has 4 rings (SSSR count). The highest BCUT2D eigenvalue weighted by Crippen LogP contribution is 2.29. The molecular formula is C22H24FN3O3. The molecule has 0 aliphatic carbocycles. The highest BCUT2D eigenvalue weighted by atomic mass is 19.1. The van der Waals surface area contributed by atoms with Gasteiger partial charge in [-0.3, -0.25) is 9.59 Å². The normalized spacial score (nSPS) is 19.6. The number of benzene rings is 2. The van der Waals surface area contributed by atoms with Crippen LogP contribution in [0.25, 0.3) is 0 Å². The summed E-state index contributed by atoms with van der Waals surface area (Å²) in [6.07, 6.45) is 0.212. The van der Waals surface area contributed by atoms with Gasteiger partial charge in [0.2, 0.25) is 11.8 Å². The molecule has 2 saturated heterocycles. The van der Waals surface area contributed by atoms with E-state index in [9.17, 15) is 14.0 Å². The molecule has 29 heavy (non-hydrogen) atoms. The van der Waals surface area contributed by atoms with Crippen molar-refractivity contribution in [2.75, 3.05) is 49.6 Å². The molecule has 7 heteroatoms. The van der Waals surface area contributed by atoms with Crippen molar-refractivity contribution in [3.63, 3.8) is 0 Å². The highest BCUT2D eigenvalue weighted by molar-refractivity contribution is 6.00. The fourth-order valence-corrected chi connectivity index (χ4v) is 4.04. The van der Waals surface area contributed by atoms with Crippen LogP contribution in [0.4, 0.5) is 15.8 Å². The van der Waals surface area contributed by atoms with Gasteiger partial charge < -0.3 is 19.4 Å². The summed E-state index contributed by atoms with van der Waals surface area (Å²) in [5.41, 5.74) is 1.31. The Morgan fingerprint density at radius 2 is 1.83 bits per heavy atom. The molecule has 152 valence electrons. The van der Waals surface area contributed by atoms with Crippen molar-refractivity contribution in [1.82, 2.24) is 4.90 Å². The van der Waals surface area contributed by atoms with Crippen molar-refractivity contribution < 1.29 is 18.7 Å². The second kappa shape index (κ2) is 8.11. The average molecular weight is 397 g/mol. The predicted molar refractivity (Wildman–Crippen MR) is 109 cm³/mol. The van der Waals surface area contributed by atoms with E-state index >= 15 is 0 Å². The van der Waals surface area contributed by atoms with Gasteiger partial charge in [-0.1, -0.05) is 18.2 Å². The quantitative estimate of drug-likeness (QED) is 0.796. The molecule has 2 aliphatic heterocycles. The van der Waals surface area contributed by atoms with Crippen LogP contribution in [0.2, 0.25) is 0 Å². The summed E-state index contributed by atoms with van der Waals surface area (Å²) in [4.78, 5) is 30.9. The number of carbonyl (C=O) groups is 2. The Hall–Kier alpha value is -3.09. The van der Waals surface area contributed by atoms with Crippen molar-refractivity contribution in [2.45, 2.75) is 6.42 Å². The maximum atomic E-state index is 14.0. The van der Waals surface area contributed by atoms with Crippen molar-refractivity contribution in [2.24, 2.45) is 5.92 Å². The molecular weight excluding hydrogens is 373 g/mol. The first-order valence-corrected chi connectivity index (χ1v) is 9.79. The molecule has 2 aromatic rings. The minimum absolute atomic E-state index is 0.00284. The summed E-state index contributed by atoms with van der Waals surface area (Å²) < 4.78 is 19.2. The third-order valence-electron chi connectivity index (χ3n) is 5.62. The fraction of sp³-hybridized carbons (Fsp3) is 0.364. The number of rotatable bonds is 4. The van der Waals surface area contributed by atoms with E-state index in [1.54, 1.807) is 35.1 Å². The van der Waals surface area contributed by atoms with Crippen molar-refractivity contribution in [1.29, 1.82) is 0 Å². The number of anilines is 2. The maximum Gasteiger partial charge on any atom is 0.228 e. The number of ether oxygens (including phenoxy) is 1. The molecule has 1 atom stereocenters. The number of nitrogens with zero attached hydrogens (tertiary/aromatic N) is 3. The van der Waals surface area contributed by atoms with Gasteiger partial charge in [0, 0.05) is 50.9 Å². The molecule has 0 bridgehead atoms. The van der Waals surface area contributed by atoms with E-state index in [4.69, 9.17) is 4.74 Å². The predicted octanol–water partition coefficient (Wildman–Crippen LogP) is 2.54. The largest absolute Gasteiger partial charge is 0.497 e. The van der Waals surface area contributed by atoms with E-state index in [2.05, 4.69) is 0 Å². The van der Waals surface area contributed by atoms with Gasteiger partial charge in [-0.25, -0.2) is 4.39 Å². The van der Waals surface area contributed by atoms with Crippen molar-refractivity contribution >= 4 is 23.2 Å². The molecule has 0 aromatic heterocycles. The minimum atomic E-state index is -0.353. The van der Waals surface area contributed by atoms with Gasteiger partial charge in [0.15, 0.2) is 0 Å². The molecule has 2 fully saturated rings. The summed E-state index contributed by atoms with van der Waals surface area (Å²) >= 11 is 0. The Labute approximate surface area is 169 Å². The van der Waals surface area contributed by atoms with Crippen LogP contribution in [0, 0.1) is 11.7 Å². The Balaban J connectivity index is 1.38. The fourth-order valence-electron chi connectivity index (χ4n) is 4.04. The SMILES string of the molecule is COc1cccc(N2C[C@@H](C(=O)N3CCN(c4ccccc4F)CC3)CC2=O)c1. The van der Waals surface area contributed by atoms with E-state index in [1.165, 1.54) is 6.07 Å². The van der Waals surface area contributed by atoms with Crippen LogP contribution in [0.3, 0.4) is 0 Å². The second-order valence-electron chi connectivity index (χ2n) is 7.37. The Bertz CT molecular complexity index is 912. The van der Waals surface area contributed by atoms with E-state index in [0.717, 1.165) is 5.69 Å². The van der Waals surface area contributed by atoms with Gasteiger partial charge in [-0.2, -0.15) is 0 Å². The number of para-hydroxylation sites is 1. The molecule has 2 amide bonds. The zero-order chi connectivity index (χ0) is 20.4. The first kappa shape index (κ1) is 19.2. The van der Waals surface area contributed by atoms with Crippen LogP contribution in [0.15, 0.2) is 48.5 Å². The maximum absolute atomic E-state index is 14.0. The van der Waals surface area contributed by atoms with Gasteiger partial charge in [-0.15, -0.1) is 0 Å². The third kappa shape index (κ3) is 3.90. The van der Waals surface area contributed by atoms with Crippen molar-refractivity contribution in [3.8, 4) is 5.75 Å². The van der Waals surface area contributed by atoms with E-state index in [0.29, 0.717) is 44.2 Å². The van der Waals surface area contributed by atoms with Crippen molar-refractivity contribution in [3.05, 3.63) is 54.3 Å². The molecule has 0 radical (unpaired) electrons. The number of piperazine rings is 1. The first-order chi connectivity index (χ1) is 14.1. The summed E-state index contributed by atoms with van der Waals surface area (Å²) in [5, 5.41) is 0. The summed E-state index contributed by atoms with van der Waals surface area (Å²) in [6.45, 7) is 2.58. The monoisotopic (exact) mass is 397 g/mol. The summed E-state index contributed by atoms with van der Waals surface area (Å²) in [7, 11) is 1.58. The van der Waals surface area contributed by atoms with Crippen LogP contribution in [-0.4, -0.2) is 56.5 Å². The number of methoxy groups -OCH3 is 1. The third-order valence-corrected chi connectivity index (χ3v) is 5.62. The smallest absolute Gasteiger partial charge is 0.228 e. The van der Waals surface area contributed by atoms with Gasteiger partial charge in [0.25, 0.3) is 0 Å². The molecule has 2 aromatic carbocycles. The van der Waals surface area contributed by atoms with Crippen LogP contribution < -0.4 is 14.5 Å². The molecule has 2 aliphatic rings. The highest BCUT2D eigenvalue weighted by Gasteiger charge is 2.38. The van der Waals surface area contributed by atoms with Crippen LogP contribution in [0.1, 0.15) is 6.42 Å². The number of halogens is 1. The molecule has 0 spiro atoms. The molecule has 0 saturated carbocycles. The van der Waals surface area contributed by atoms with Crippen LogP contribution in [0.5, 0.6) is 5.75 Å². The van der Waals surface area contributed by atoms with Gasteiger partial charge in [0.05, 0.1) is 18.7 Å². The Morgan fingerprint density at radius 1 is 1.07 bits per heavy atom. The Morgan fingerprint density at radius 3 is 2.55 bits per heavy atom. The summed E-state index contributed by atoms with van der Waals surface area (Å²) in [6, 6.07) is 14.0. The average Bonchev–Trinajstić information content (AvgIpc) is 3.15. The standard InChI is InChI=1S/C22H24FN3O3/c1-29-18-6-4-5-17(14-18)26-15-16(13-21(26)27)22(28)25-11-9-24(10-12-25)20-8-3-2-7-19(20)23/h2-8,14,16H,9-13,15H2,1H3/t16-/m0/s1. The lowest BCUT2D eigenvalue weighted by Crippen LogP contribution is -2.51. The van der Waals surface area contributed by atoms with E-state index in [-0.39, 0.29) is 30.0 Å². The molecule has 6 nitrogen and oxygen atoms in total.